The average Bonchev–Trinajstić information content (AvgIpc) is 2.59. The molecule has 8 heteroatoms. The molecule has 1 aliphatic rings. The number of hydrogen-bond acceptors (Lipinski definition) is 5. The van der Waals surface area contributed by atoms with Crippen LogP contribution < -0.4 is 20.4 Å². The molecular formula is C20H26FN3O4. The Bertz CT molecular complexity index is 976. The normalized spacial score (nSPS) is 20.0. The number of fused-ring (bicyclic) bond motifs is 1. The summed E-state index contributed by atoms with van der Waals surface area (Å²) in [4.78, 5) is 26.1. The molecule has 0 amide bonds. The van der Waals surface area contributed by atoms with Crippen molar-refractivity contribution in [3.05, 3.63) is 33.9 Å². The molecule has 2 N–H and O–H groups in total. The van der Waals surface area contributed by atoms with E-state index in [1.807, 2.05) is 32.6 Å². The van der Waals surface area contributed by atoms with Gasteiger partial charge in [0.1, 0.15) is 11.3 Å². The van der Waals surface area contributed by atoms with E-state index in [4.69, 9.17) is 4.74 Å². The fourth-order valence-corrected chi connectivity index (χ4v) is 4.00. The second kappa shape index (κ2) is 7.43. The Morgan fingerprint density at radius 1 is 1.32 bits per heavy atom. The van der Waals surface area contributed by atoms with Gasteiger partial charge in [0.2, 0.25) is 5.43 Å². The number of carboxylic acid groups (broad SMARTS) is 1. The maximum atomic E-state index is 15.2. The topological polar surface area (TPSA) is 83.8 Å². The van der Waals surface area contributed by atoms with Crippen molar-refractivity contribution in [2.24, 2.45) is 0 Å². The number of nitrogens with one attached hydrogen (secondary N) is 1. The molecule has 1 saturated heterocycles. The third-order valence-corrected chi connectivity index (χ3v) is 5.06. The highest BCUT2D eigenvalue weighted by Gasteiger charge is 2.29. The molecule has 3 rings (SSSR count). The van der Waals surface area contributed by atoms with E-state index in [9.17, 15) is 14.7 Å². The maximum absolute atomic E-state index is 15.2. The number of pyridine rings is 1. The van der Waals surface area contributed by atoms with Crippen molar-refractivity contribution in [1.29, 1.82) is 0 Å². The lowest BCUT2D eigenvalue weighted by Crippen LogP contribution is -2.54. The lowest BCUT2D eigenvalue weighted by Gasteiger charge is -2.38. The van der Waals surface area contributed by atoms with Gasteiger partial charge in [0.25, 0.3) is 0 Å². The number of benzene rings is 1. The fraction of sp³-hybridized carbons (Fsp3) is 0.500. The van der Waals surface area contributed by atoms with Crippen LogP contribution in [0.3, 0.4) is 0 Å². The molecule has 1 aromatic heterocycles. The Morgan fingerprint density at radius 2 is 1.93 bits per heavy atom. The van der Waals surface area contributed by atoms with Crippen LogP contribution in [0.1, 0.15) is 44.1 Å². The predicted molar refractivity (Wildman–Crippen MR) is 106 cm³/mol. The van der Waals surface area contributed by atoms with Crippen LogP contribution in [0.2, 0.25) is 0 Å². The van der Waals surface area contributed by atoms with Crippen LogP contribution in [0.25, 0.3) is 10.9 Å². The third kappa shape index (κ3) is 3.32. The van der Waals surface area contributed by atoms with Crippen LogP contribution in [0.4, 0.5) is 10.1 Å². The number of nitrogens with zero attached hydrogens (tertiary/aromatic N) is 2. The van der Waals surface area contributed by atoms with E-state index < -0.39 is 17.2 Å². The van der Waals surface area contributed by atoms with Crippen molar-refractivity contribution in [2.75, 3.05) is 25.1 Å². The highest BCUT2D eigenvalue weighted by atomic mass is 19.1. The van der Waals surface area contributed by atoms with Crippen LogP contribution in [0.5, 0.6) is 5.75 Å². The maximum Gasteiger partial charge on any atom is 0.341 e. The monoisotopic (exact) mass is 391 g/mol. The smallest absolute Gasteiger partial charge is 0.341 e. The molecule has 0 unspecified atom stereocenters. The SMILES string of the molecule is COc1c(N2C[C@@H](C)N[C@@H](C)C2)c(F)cc2c(=O)c(C(=O)O)cn(C(C)C)c12. The minimum absolute atomic E-state index is 0.00271. The number of ether oxygens (including phenoxy) is 1. The summed E-state index contributed by atoms with van der Waals surface area (Å²) in [7, 11) is 1.44. The van der Waals surface area contributed by atoms with Gasteiger partial charge >= 0.3 is 5.97 Å². The predicted octanol–water partition coefficient (Wildman–Crippen LogP) is 2.61. The van der Waals surface area contributed by atoms with Gasteiger partial charge in [-0.2, -0.15) is 0 Å². The van der Waals surface area contributed by atoms with Crippen LogP contribution in [0.15, 0.2) is 17.1 Å². The van der Waals surface area contributed by atoms with Gasteiger partial charge in [0.05, 0.1) is 18.0 Å². The minimum Gasteiger partial charge on any atom is -0.492 e. The zero-order chi connectivity index (χ0) is 20.7. The summed E-state index contributed by atoms with van der Waals surface area (Å²) in [6.07, 6.45) is 1.31. The molecule has 2 heterocycles. The lowest BCUT2D eigenvalue weighted by atomic mass is 10.1. The van der Waals surface area contributed by atoms with E-state index in [2.05, 4.69) is 5.32 Å². The number of methoxy groups -OCH3 is 1. The van der Waals surface area contributed by atoms with Crippen molar-refractivity contribution >= 4 is 22.6 Å². The highest BCUT2D eigenvalue weighted by molar-refractivity contribution is 5.97. The largest absolute Gasteiger partial charge is 0.492 e. The Balaban J connectivity index is 2.38. The molecule has 0 spiro atoms. The Morgan fingerprint density at radius 3 is 2.43 bits per heavy atom. The molecule has 0 radical (unpaired) electrons. The highest BCUT2D eigenvalue weighted by Crippen LogP contribution is 2.39. The van der Waals surface area contributed by atoms with E-state index in [0.29, 0.717) is 24.3 Å². The summed E-state index contributed by atoms with van der Waals surface area (Å²) >= 11 is 0. The van der Waals surface area contributed by atoms with Crippen molar-refractivity contribution in [3.63, 3.8) is 0 Å². The number of hydrogen-bond donors (Lipinski definition) is 2. The fourth-order valence-electron chi connectivity index (χ4n) is 4.00. The molecule has 28 heavy (non-hydrogen) atoms. The number of carboxylic acids is 1. The Hall–Kier alpha value is -2.61. The molecule has 1 aliphatic heterocycles. The van der Waals surface area contributed by atoms with E-state index in [-0.39, 0.29) is 34.8 Å². The van der Waals surface area contributed by atoms with Gasteiger partial charge in [-0.15, -0.1) is 0 Å². The Labute approximate surface area is 162 Å². The summed E-state index contributed by atoms with van der Waals surface area (Å²) in [6.45, 7) is 8.96. The van der Waals surface area contributed by atoms with Crippen molar-refractivity contribution in [2.45, 2.75) is 45.8 Å². The van der Waals surface area contributed by atoms with E-state index in [0.717, 1.165) is 6.07 Å². The first-order valence-electron chi connectivity index (χ1n) is 9.35. The minimum atomic E-state index is -1.34. The molecule has 2 atom stereocenters. The third-order valence-electron chi connectivity index (χ3n) is 5.06. The number of rotatable bonds is 4. The first kappa shape index (κ1) is 20.1. The van der Waals surface area contributed by atoms with Crippen molar-refractivity contribution < 1.29 is 19.0 Å². The number of aromatic nitrogens is 1. The standard InChI is InChI=1S/C20H26FN3O4/c1-10(2)24-9-14(20(26)27)18(25)13-6-15(21)17(19(28-5)16(13)24)23-7-11(3)22-12(4)8-23/h6,9-12,22H,7-8H2,1-5H3,(H,26,27)/t11-,12+. The van der Waals surface area contributed by atoms with E-state index >= 15 is 4.39 Å². The first-order valence-corrected chi connectivity index (χ1v) is 9.35. The summed E-state index contributed by atoms with van der Waals surface area (Å²) in [5.74, 6) is -1.69. The van der Waals surface area contributed by atoms with Crippen molar-refractivity contribution in [3.8, 4) is 5.75 Å². The van der Waals surface area contributed by atoms with Crippen LogP contribution >= 0.6 is 0 Å². The number of aromatic carboxylic acids is 1. The second-order valence-corrected chi connectivity index (χ2v) is 7.69. The van der Waals surface area contributed by atoms with Crippen molar-refractivity contribution in [1.82, 2.24) is 9.88 Å². The average molecular weight is 391 g/mol. The number of piperazine rings is 1. The molecule has 152 valence electrons. The second-order valence-electron chi connectivity index (χ2n) is 7.69. The van der Waals surface area contributed by atoms with E-state index in [1.165, 1.54) is 13.3 Å². The molecule has 7 nitrogen and oxygen atoms in total. The van der Waals surface area contributed by atoms with Gasteiger partial charge in [0, 0.05) is 37.4 Å². The van der Waals surface area contributed by atoms with Gasteiger partial charge in [0.15, 0.2) is 11.6 Å². The molecular weight excluding hydrogens is 365 g/mol. The van der Waals surface area contributed by atoms with Crippen LogP contribution in [-0.4, -0.2) is 47.9 Å². The van der Waals surface area contributed by atoms with Gasteiger partial charge in [-0.1, -0.05) is 0 Å². The number of anilines is 1. The van der Waals surface area contributed by atoms with E-state index in [1.54, 1.807) is 4.57 Å². The summed E-state index contributed by atoms with van der Waals surface area (Å²) < 4.78 is 22.5. The molecule has 1 fully saturated rings. The summed E-state index contributed by atoms with van der Waals surface area (Å²) in [6, 6.07) is 1.29. The van der Waals surface area contributed by atoms with Crippen LogP contribution in [0, 0.1) is 5.82 Å². The Kier molecular flexibility index (Phi) is 5.34. The zero-order valence-corrected chi connectivity index (χ0v) is 16.7. The lowest BCUT2D eigenvalue weighted by molar-refractivity contribution is 0.0694. The number of carbonyl (C=O) groups is 1. The quantitative estimate of drug-likeness (QED) is 0.834. The van der Waals surface area contributed by atoms with Gasteiger partial charge in [-0.05, 0) is 33.8 Å². The molecule has 1 aromatic carbocycles. The van der Waals surface area contributed by atoms with Gasteiger partial charge in [-0.3, -0.25) is 4.79 Å². The molecule has 0 bridgehead atoms. The molecule has 0 aliphatic carbocycles. The van der Waals surface area contributed by atoms with Gasteiger partial charge < -0.3 is 24.6 Å². The number of halogens is 1. The summed E-state index contributed by atoms with van der Waals surface area (Å²) in [5, 5.41) is 12.8. The van der Waals surface area contributed by atoms with Crippen LogP contribution in [-0.2, 0) is 0 Å². The molecule has 2 aromatic rings. The molecule has 0 saturated carbocycles. The van der Waals surface area contributed by atoms with Gasteiger partial charge in [-0.25, -0.2) is 9.18 Å². The zero-order valence-electron chi connectivity index (χ0n) is 16.7. The first-order chi connectivity index (χ1) is 13.1. The summed E-state index contributed by atoms with van der Waals surface area (Å²) in [5.41, 5.74) is -0.403.